The molecule has 94 valence electrons. The zero-order valence-corrected chi connectivity index (χ0v) is 10.2. The van der Waals surface area contributed by atoms with Gasteiger partial charge in [-0.2, -0.15) is 0 Å². The zero-order valence-electron chi connectivity index (χ0n) is 10.2. The highest BCUT2D eigenvalue weighted by Crippen LogP contribution is 2.18. The van der Waals surface area contributed by atoms with E-state index in [1.165, 1.54) is 0 Å². The number of nitrogens with one attached hydrogen (secondary N) is 1. The van der Waals surface area contributed by atoms with E-state index in [4.69, 9.17) is 5.73 Å². The molecule has 0 bridgehead atoms. The Kier molecular flexibility index (Phi) is 4.12. The lowest BCUT2D eigenvalue weighted by atomic mass is 10.0. The monoisotopic (exact) mass is 243 g/mol. The smallest absolute Gasteiger partial charge is 0.236 e. The van der Waals surface area contributed by atoms with Crippen LogP contribution in [0.25, 0.3) is 0 Å². The van der Waals surface area contributed by atoms with Crippen molar-refractivity contribution >= 4 is 17.3 Å². The van der Waals surface area contributed by atoms with E-state index in [9.17, 15) is 4.79 Å². The number of hydrogen-bond donors (Lipinski definition) is 2. The van der Waals surface area contributed by atoms with Crippen molar-refractivity contribution in [1.29, 1.82) is 0 Å². The fourth-order valence-electron chi connectivity index (χ4n) is 1.90. The first-order valence-electron chi connectivity index (χ1n) is 6.09. The highest BCUT2D eigenvalue weighted by atomic mass is 16.1. The fourth-order valence-corrected chi connectivity index (χ4v) is 1.90. The second-order valence-electron chi connectivity index (χ2n) is 4.28. The predicted octanol–water partition coefficient (Wildman–Crippen LogP) is 1.90. The van der Waals surface area contributed by atoms with Gasteiger partial charge in [0.2, 0.25) is 5.91 Å². The van der Waals surface area contributed by atoms with Crippen LogP contribution in [0, 0.1) is 0 Å². The number of rotatable bonds is 4. The minimum atomic E-state index is -0.344. The molecule has 4 heteroatoms. The number of carbonyl (C=O) groups excluding carboxylic acids is 1. The Morgan fingerprint density at radius 1 is 1.28 bits per heavy atom. The van der Waals surface area contributed by atoms with Crippen molar-refractivity contribution in [2.75, 3.05) is 6.54 Å². The van der Waals surface area contributed by atoms with Gasteiger partial charge < -0.3 is 11.1 Å². The van der Waals surface area contributed by atoms with Crippen molar-refractivity contribution in [3.8, 4) is 0 Å². The van der Waals surface area contributed by atoms with Gasteiger partial charge in [-0.1, -0.05) is 18.2 Å². The van der Waals surface area contributed by atoms with Crippen molar-refractivity contribution in [1.82, 2.24) is 5.32 Å². The van der Waals surface area contributed by atoms with Crippen LogP contribution in [0.4, 0.5) is 5.69 Å². The number of amides is 1. The quantitative estimate of drug-likeness (QED) is 0.848. The van der Waals surface area contributed by atoms with Gasteiger partial charge in [0.25, 0.3) is 0 Å². The van der Waals surface area contributed by atoms with Crippen LogP contribution in [0.5, 0.6) is 0 Å². The maximum atomic E-state index is 10.7. The number of nitrogens with two attached hydrogens (primary N) is 1. The summed E-state index contributed by atoms with van der Waals surface area (Å²) in [6.45, 7) is 0.185. The number of hydrogen-bond acceptors (Lipinski definition) is 3. The highest BCUT2D eigenvalue weighted by molar-refractivity contribution is 5.98. The van der Waals surface area contributed by atoms with Gasteiger partial charge in [-0.25, -0.2) is 0 Å². The molecule has 0 spiro atoms. The Balaban J connectivity index is 2.07. The standard InChI is InChI=1S/C14H17N3O/c15-14(18)10-16-12-7-4-8-13(9-12)17-11-5-2-1-3-6-11/h1-3,5-6,9,16H,4,7-8,10H2,(H2,15,18). The molecule has 0 aliphatic heterocycles. The Hall–Kier alpha value is -2.10. The van der Waals surface area contributed by atoms with Crippen LogP contribution >= 0.6 is 0 Å². The molecule has 1 amide bonds. The van der Waals surface area contributed by atoms with Crippen molar-refractivity contribution in [2.45, 2.75) is 19.3 Å². The summed E-state index contributed by atoms with van der Waals surface area (Å²) in [6.07, 6.45) is 4.97. The first-order valence-corrected chi connectivity index (χ1v) is 6.09. The average molecular weight is 243 g/mol. The van der Waals surface area contributed by atoms with E-state index >= 15 is 0 Å². The average Bonchev–Trinajstić information content (AvgIpc) is 2.38. The largest absolute Gasteiger partial charge is 0.379 e. The summed E-state index contributed by atoms with van der Waals surface area (Å²) in [5.74, 6) is -0.344. The lowest BCUT2D eigenvalue weighted by Gasteiger charge is -2.15. The molecule has 2 rings (SSSR count). The first kappa shape index (κ1) is 12.4. The van der Waals surface area contributed by atoms with Crippen molar-refractivity contribution in [3.63, 3.8) is 0 Å². The van der Waals surface area contributed by atoms with Crippen LogP contribution in [-0.2, 0) is 4.79 Å². The predicted molar refractivity (Wildman–Crippen MR) is 72.7 cm³/mol. The van der Waals surface area contributed by atoms with Gasteiger partial charge in [0, 0.05) is 11.4 Å². The summed E-state index contributed by atoms with van der Waals surface area (Å²) in [5, 5.41) is 3.04. The summed E-state index contributed by atoms with van der Waals surface area (Å²) in [4.78, 5) is 15.3. The Morgan fingerprint density at radius 2 is 2.06 bits per heavy atom. The second kappa shape index (κ2) is 6.00. The molecule has 4 nitrogen and oxygen atoms in total. The van der Waals surface area contributed by atoms with Crippen LogP contribution < -0.4 is 11.1 Å². The summed E-state index contributed by atoms with van der Waals surface area (Å²) in [6, 6.07) is 9.87. The van der Waals surface area contributed by atoms with Crippen LogP contribution in [0.15, 0.2) is 47.1 Å². The summed E-state index contributed by atoms with van der Waals surface area (Å²) in [7, 11) is 0. The van der Waals surface area contributed by atoms with E-state index in [0.717, 1.165) is 36.4 Å². The molecule has 1 aromatic rings. The van der Waals surface area contributed by atoms with Crippen LogP contribution in [0.1, 0.15) is 19.3 Å². The molecule has 18 heavy (non-hydrogen) atoms. The summed E-state index contributed by atoms with van der Waals surface area (Å²) in [5.41, 5.74) is 8.15. The molecule has 0 aromatic heterocycles. The SMILES string of the molecule is NC(=O)CNC1=CC(=Nc2ccccc2)CCC1. The second-order valence-corrected chi connectivity index (χ2v) is 4.28. The van der Waals surface area contributed by atoms with Gasteiger partial charge in [-0.05, 0) is 37.5 Å². The third-order valence-corrected chi connectivity index (χ3v) is 2.74. The molecular weight excluding hydrogens is 226 g/mol. The van der Waals surface area contributed by atoms with Crippen molar-refractivity contribution in [2.24, 2.45) is 10.7 Å². The Labute approximate surface area is 107 Å². The molecule has 1 aliphatic rings. The first-order chi connectivity index (χ1) is 8.74. The molecule has 0 saturated carbocycles. The van der Waals surface area contributed by atoms with Gasteiger partial charge >= 0.3 is 0 Å². The van der Waals surface area contributed by atoms with Gasteiger partial charge in [0.15, 0.2) is 0 Å². The molecule has 0 unspecified atom stereocenters. The molecule has 0 atom stereocenters. The topological polar surface area (TPSA) is 67.5 Å². The van der Waals surface area contributed by atoms with E-state index in [0.29, 0.717) is 0 Å². The van der Waals surface area contributed by atoms with E-state index < -0.39 is 0 Å². The van der Waals surface area contributed by atoms with Crippen molar-refractivity contribution in [3.05, 3.63) is 42.1 Å². The number of allylic oxidation sites excluding steroid dienone is 2. The molecule has 0 heterocycles. The lowest BCUT2D eigenvalue weighted by Crippen LogP contribution is -2.29. The third-order valence-electron chi connectivity index (χ3n) is 2.74. The van der Waals surface area contributed by atoms with Gasteiger partial charge in [-0.3, -0.25) is 9.79 Å². The number of para-hydroxylation sites is 1. The number of benzene rings is 1. The Bertz CT molecular complexity index is 477. The number of nitrogens with zero attached hydrogens (tertiary/aromatic N) is 1. The molecule has 0 fully saturated rings. The molecule has 1 aliphatic carbocycles. The molecule has 1 aromatic carbocycles. The Morgan fingerprint density at radius 3 is 2.78 bits per heavy atom. The van der Waals surface area contributed by atoms with E-state index in [2.05, 4.69) is 10.3 Å². The van der Waals surface area contributed by atoms with E-state index in [-0.39, 0.29) is 12.5 Å². The van der Waals surface area contributed by atoms with E-state index in [1.54, 1.807) is 0 Å². The maximum absolute atomic E-state index is 10.7. The summed E-state index contributed by atoms with van der Waals surface area (Å²) >= 11 is 0. The minimum Gasteiger partial charge on any atom is -0.379 e. The molecule has 0 saturated heterocycles. The number of aliphatic imine (C=N–C) groups is 1. The van der Waals surface area contributed by atoms with Crippen LogP contribution in [-0.4, -0.2) is 18.2 Å². The fraction of sp³-hybridized carbons (Fsp3) is 0.286. The number of primary amides is 1. The lowest BCUT2D eigenvalue weighted by molar-refractivity contribution is -0.117. The molecule has 0 radical (unpaired) electrons. The molecular formula is C14H17N3O. The number of carbonyl (C=O) groups is 1. The normalized spacial score (nSPS) is 17.3. The van der Waals surface area contributed by atoms with Gasteiger partial charge in [-0.15, -0.1) is 0 Å². The minimum absolute atomic E-state index is 0.185. The van der Waals surface area contributed by atoms with Crippen molar-refractivity contribution < 1.29 is 4.79 Å². The highest BCUT2D eigenvalue weighted by Gasteiger charge is 2.09. The third kappa shape index (κ3) is 3.73. The molecule has 3 N–H and O–H groups in total. The van der Waals surface area contributed by atoms with Gasteiger partial charge in [0.1, 0.15) is 0 Å². The maximum Gasteiger partial charge on any atom is 0.236 e. The van der Waals surface area contributed by atoms with Gasteiger partial charge in [0.05, 0.1) is 12.2 Å². The zero-order chi connectivity index (χ0) is 12.8. The summed E-state index contributed by atoms with van der Waals surface area (Å²) < 4.78 is 0. The van der Waals surface area contributed by atoms with Crippen LogP contribution in [0.2, 0.25) is 0 Å². The van der Waals surface area contributed by atoms with E-state index in [1.807, 2.05) is 36.4 Å². The van der Waals surface area contributed by atoms with Crippen LogP contribution in [0.3, 0.4) is 0 Å².